The van der Waals surface area contributed by atoms with Gasteiger partial charge in [0.25, 0.3) is 5.69 Å². The van der Waals surface area contributed by atoms with Crippen LogP contribution in [-0.2, 0) is 9.84 Å². The number of anilines is 1. The summed E-state index contributed by atoms with van der Waals surface area (Å²) < 4.78 is 36.0. The molecule has 0 saturated heterocycles. The van der Waals surface area contributed by atoms with Crippen molar-refractivity contribution >= 4 is 43.8 Å². The SMILES string of the molecule is O=[N+]([O-])c1cc(I)c(F)cc1NC1C=CS(=O)(=O)C1. The van der Waals surface area contributed by atoms with Crippen LogP contribution >= 0.6 is 22.6 Å². The van der Waals surface area contributed by atoms with E-state index in [0.717, 1.165) is 17.5 Å². The van der Waals surface area contributed by atoms with Crippen molar-refractivity contribution in [3.8, 4) is 0 Å². The van der Waals surface area contributed by atoms with Gasteiger partial charge in [-0.15, -0.1) is 0 Å². The Kier molecular flexibility index (Phi) is 3.76. The van der Waals surface area contributed by atoms with Gasteiger partial charge in [0.05, 0.1) is 20.3 Å². The molecule has 0 radical (unpaired) electrons. The highest BCUT2D eigenvalue weighted by Gasteiger charge is 2.25. The maximum Gasteiger partial charge on any atom is 0.293 e. The molecule has 0 fully saturated rings. The third kappa shape index (κ3) is 3.21. The minimum absolute atomic E-state index is 0.0327. The molecule has 0 saturated carbocycles. The maximum atomic E-state index is 13.4. The Bertz CT molecular complexity index is 674. The summed E-state index contributed by atoms with van der Waals surface area (Å²) in [6, 6.07) is 1.51. The van der Waals surface area contributed by atoms with E-state index >= 15 is 0 Å². The van der Waals surface area contributed by atoms with Gasteiger partial charge < -0.3 is 5.32 Å². The molecular weight excluding hydrogens is 390 g/mol. The van der Waals surface area contributed by atoms with E-state index in [4.69, 9.17) is 0 Å². The van der Waals surface area contributed by atoms with Crippen molar-refractivity contribution in [3.63, 3.8) is 0 Å². The summed E-state index contributed by atoms with van der Waals surface area (Å²) in [5.74, 6) is -0.795. The molecule has 0 bridgehead atoms. The Balaban J connectivity index is 2.33. The molecule has 1 aliphatic rings. The lowest BCUT2D eigenvalue weighted by Gasteiger charge is -2.12. The largest absolute Gasteiger partial charge is 0.372 e. The first-order valence-electron chi connectivity index (χ1n) is 5.09. The van der Waals surface area contributed by atoms with Crippen LogP contribution in [0.2, 0.25) is 0 Å². The van der Waals surface area contributed by atoms with Crippen LogP contribution in [0.4, 0.5) is 15.8 Å². The van der Waals surface area contributed by atoms with Gasteiger partial charge >= 0.3 is 0 Å². The highest BCUT2D eigenvalue weighted by molar-refractivity contribution is 14.1. The smallest absolute Gasteiger partial charge is 0.293 e. The Morgan fingerprint density at radius 3 is 2.68 bits per heavy atom. The fraction of sp³-hybridized carbons (Fsp3) is 0.200. The van der Waals surface area contributed by atoms with Crippen molar-refractivity contribution in [3.05, 3.63) is 43.1 Å². The van der Waals surface area contributed by atoms with Crippen molar-refractivity contribution in [2.75, 3.05) is 11.1 Å². The second-order valence-electron chi connectivity index (χ2n) is 3.95. The Morgan fingerprint density at radius 2 is 2.16 bits per heavy atom. The normalized spacial score (nSPS) is 20.4. The number of benzene rings is 1. The van der Waals surface area contributed by atoms with E-state index in [1.165, 1.54) is 6.08 Å². The number of nitro groups is 1. The van der Waals surface area contributed by atoms with Gasteiger partial charge in [0.15, 0.2) is 9.84 Å². The molecule has 102 valence electrons. The van der Waals surface area contributed by atoms with Gasteiger partial charge in [-0.25, -0.2) is 12.8 Å². The molecule has 1 aliphatic heterocycles. The van der Waals surface area contributed by atoms with Gasteiger partial charge in [0.2, 0.25) is 0 Å². The number of sulfone groups is 1. The number of rotatable bonds is 3. The molecule has 1 N–H and O–H groups in total. The summed E-state index contributed by atoms with van der Waals surface area (Å²) in [6.07, 6.45) is 1.38. The second kappa shape index (κ2) is 5.04. The Labute approximate surface area is 121 Å². The van der Waals surface area contributed by atoms with Gasteiger partial charge in [-0.3, -0.25) is 10.1 Å². The number of nitrogens with zero attached hydrogens (tertiary/aromatic N) is 1. The van der Waals surface area contributed by atoms with Crippen LogP contribution in [0.5, 0.6) is 0 Å². The van der Waals surface area contributed by atoms with Crippen LogP contribution in [0.3, 0.4) is 0 Å². The second-order valence-corrected chi connectivity index (χ2v) is 7.04. The molecule has 1 aromatic rings. The summed E-state index contributed by atoms with van der Waals surface area (Å²) in [5, 5.41) is 14.6. The predicted octanol–water partition coefficient (Wildman–Crippen LogP) is 2.06. The van der Waals surface area contributed by atoms with Crippen LogP contribution in [-0.4, -0.2) is 25.1 Å². The molecule has 9 heteroatoms. The van der Waals surface area contributed by atoms with Gasteiger partial charge in [0, 0.05) is 17.5 Å². The molecule has 1 aromatic carbocycles. The van der Waals surface area contributed by atoms with Crippen molar-refractivity contribution in [2.24, 2.45) is 0 Å². The third-order valence-corrected chi connectivity index (χ3v) is 4.73. The summed E-state index contributed by atoms with van der Waals surface area (Å²) in [4.78, 5) is 10.2. The van der Waals surface area contributed by atoms with Gasteiger partial charge in [-0.05, 0) is 22.6 Å². The van der Waals surface area contributed by atoms with E-state index in [9.17, 15) is 22.9 Å². The fourth-order valence-corrected chi connectivity index (χ4v) is 3.35. The molecular formula is C10H8FIN2O4S. The van der Waals surface area contributed by atoms with E-state index in [-0.39, 0.29) is 20.7 Å². The quantitative estimate of drug-likeness (QED) is 0.479. The summed E-state index contributed by atoms with van der Waals surface area (Å²) in [5.41, 5.74) is -0.321. The van der Waals surface area contributed by atoms with Crippen LogP contribution in [0, 0.1) is 19.5 Å². The highest BCUT2D eigenvalue weighted by atomic mass is 127. The summed E-state index contributed by atoms with van der Waals surface area (Å²) in [7, 11) is -3.28. The molecule has 1 unspecified atom stereocenters. The summed E-state index contributed by atoms with van der Waals surface area (Å²) in [6.45, 7) is 0. The van der Waals surface area contributed by atoms with Crippen LogP contribution < -0.4 is 5.32 Å². The standard InChI is InChI=1S/C10H8FIN2O4S/c11-7-3-9(10(14(15)16)4-8(7)12)13-6-1-2-19(17,18)5-6/h1-4,6,13H,5H2. The Morgan fingerprint density at radius 1 is 1.47 bits per heavy atom. The first-order valence-corrected chi connectivity index (χ1v) is 7.89. The van der Waals surface area contributed by atoms with Gasteiger partial charge in [-0.2, -0.15) is 0 Å². The molecule has 0 aromatic heterocycles. The van der Waals surface area contributed by atoms with E-state index in [0.29, 0.717) is 0 Å². The molecule has 0 amide bonds. The first-order chi connectivity index (χ1) is 8.78. The summed E-state index contributed by atoms with van der Waals surface area (Å²) >= 11 is 1.65. The molecule has 6 nitrogen and oxygen atoms in total. The number of nitrogens with one attached hydrogen (secondary N) is 1. The molecule has 1 heterocycles. The molecule has 0 spiro atoms. The van der Waals surface area contributed by atoms with Gasteiger partial charge in [-0.1, -0.05) is 6.08 Å². The van der Waals surface area contributed by atoms with Crippen molar-refractivity contribution in [1.82, 2.24) is 0 Å². The zero-order valence-corrected chi connectivity index (χ0v) is 12.3. The van der Waals surface area contributed by atoms with Crippen molar-refractivity contribution in [1.29, 1.82) is 0 Å². The topological polar surface area (TPSA) is 89.3 Å². The van der Waals surface area contributed by atoms with Crippen molar-refractivity contribution < 1.29 is 17.7 Å². The molecule has 2 rings (SSSR count). The maximum absolute atomic E-state index is 13.4. The number of hydrogen-bond acceptors (Lipinski definition) is 5. The van der Waals surface area contributed by atoms with E-state index < -0.39 is 26.6 Å². The third-order valence-electron chi connectivity index (χ3n) is 2.51. The Hall–Kier alpha value is -1.23. The van der Waals surface area contributed by atoms with Crippen LogP contribution in [0.15, 0.2) is 23.6 Å². The van der Waals surface area contributed by atoms with Gasteiger partial charge in [0.1, 0.15) is 11.5 Å². The number of nitro benzene ring substituents is 1. The molecule has 19 heavy (non-hydrogen) atoms. The zero-order chi connectivity index (χ0) is 14.2. The average molecular weight is 398 g/mol. The fourth-order valence-electron chi connectivity index (χ4n) is 1.67. The number of halogens is 2. The minimum atomic E-state index is -3.28. The van der Waals surface area contributed by atoms with E-state index in [1.807, 2.05) is 0 Å². The monoisotopic (exact) mass is 398 g/mol. The first kappa shape index (κ1) is 14.2. The molecule has 0 aliphatic carbocycles. The van der Waals surface area contributed by atoms with Crippen molar-refractivity contribution in [2.45, 2.75) is 6.04 Å². The number of hydrogen-bond donors (Lipinski definition) is 1. The minimum Gasteiger partial charge on any atom is -0.372 e. The van der Waals surface area contributed by atoms with Crippen LogP contribution in [0.25, 0.3) is 0 Å². The predicted molar refractivity (Wildman–Crippen MR) is 76.1 cm³/mol. The zero-order valence-electron chi connectivity index (χ0n) is 9.34. The highest BCUT2D eigenvalue weighted by Crippen LogP contribution is 2.30. The van der Waals surface area contributed by atoms with E-state index in [2.05, 4.69) is 5.32 Å². The molecule has 1 atom stereocenters. The lowest BCUT2D eigenvalue weighted by atomic mass is 10.2. The van der Waals surface area contributed by atoms with Crippen LogP contribution in [0.1, 0.15) is 0 Å². The average Bonchev–Trinajstić information content (AvgIpc) is 2.62. The van der Waals surface area contributed by atoms with E-state index in [1.54, 1.807) is 22.6 Å². The lowest BCUT2D eigenvalue weighted by molar-refractivity contribution is -0.384. The lowest BCUT2D eigenvalue weighted by Crippen LogP contribution is -2.21.